The molecule has 0 aromatic heterocycles. The predicted molar refractivity (Wildman–Crippen MR) is 78.3 cm³/mol. The minimum atomic E-state index is -3.79. The van der Waals surface area contributed by atoms with E-state index >= 15 is 0 Å². The van der Waals surface area contributed by atoms with Gasteiger partial charge < -0.3 is 5.11 Å². The van der Waals surface area contributed by atoms with Crippen molar-refractivity contribution in [3.05, 3.63) is 27.7 Å². The van der Waals surface area contributed by atoms with Crippen LogP contribution in [0.3, 0.4) is 0 Å². The van der Waals surface area contributed by atoms with Gasteiger partial charge in [-0.25, -0.2) is 8.42 Å². The molecule has 1 heterocycles. The molecule has 0 bridgehead atoms. The van der Waals surface area contributed by atoms with Crippen molar-refractivity contribution < 1.29 is 18.3 Å². The highest BCUT2D eigenvalue weighted by Crippen LogP contribution is 2.36. The number of halogens is 2. The largest absolute Gasteiger partial charge is 0.481 e. The Bertz CT molecular complexity index is 663. The van der Waals surface area contributed by atoms with E-state index in [0.29, 0.717) is 4.47 Å². The van der Waals surface area contributed by atoms with Crippen LogP contribution in [-0.4, -0.2) is 36.9 Å². The molecular weight excluding hydrogens is 370 g/mol. The Balaban J connectivity index is 2.38. The second-order valence-electron chi connectivity index (χ2n) is 5.03. The van der Waals surface area contributed by atoms with Gasteiger partial charge in [0.2, 0.25) is 10.0 Å². The van der Waals surface area contributed by atoms with Crippen molar-refractivity contribution in [2.75, 3.05) is 13.1 Å². The zero-order chi connectivity index (χ0) is 15.1. The Morgan fingerprint density at radius 2 is 2.15 bits per heavy atom. The molecule has 110 valence electrons. The lowest BCUT2D eigenvalue weighted by atomic mass is 9.90. The molecule has 1 N–H and O–H groups in total. The molecule has 1 unspecified atom stereocenters. The Labute approximate surface area is 130 Å². The average molecular weight is 383 g/mol. The van der Waals surface area contributed by atoms with E-state index in [1.54, 1.807) is 13.0 Å². The Hall–Kier alpha value is -0.630. The van der Waals surface area contributed by atoms with Crippen LogP contribution in [0.25, 0.3) is 0 Å². The monoisotopic (exact) mass is 381 g/mol. The minimum Gasteiger partial charge on any atom is -0.481 e. The molecule has 1 aliphatic rings. The molecule has 8 heteroatoms. The second-order valence-corrected chi connectivity index (χ2v) is 8.26. The number of carboxylic acid groups (broad SMARTS) is 1. The van der Waals surface area contributed by atoms with Gasteiger partial charge in [0.25, 0.3) is 0 Å². The first kappa shape index (κ1) is 15.8. The number of sulfonamides is 1. The molecule has 1 aromatic rings. The second kappa shape index (κ2) is 5.29. The van der Waals surface area contributed by atoms with Crippen LogP contribution in [0.15, 0.2) is 27.6 Å². The zero-order valence-corrected chi connectivity index (χ0v) is 13.8. The van der Waals surface area contributed by atoms with E-state index in [1.807, 2.05) is 0 Å². The number of carbonyl (C=O) groups is 1. The maximum Gasteiger partial charge on any atom is 0.310 e. The Morgan fingerprint density at radius 3 is 2.70 bits per heavy atom. The fourth-order valence-electron chi connectivity index (χ4n) is 2.11. The molecule has 5 nitrogen and oxygen atoms in total. The van der Waals surface area contributed by atoms with E-state index in [-0.39, 0.29) is 29.4 Å². The van der Waals surface area contributed by atoms with Crippen molar-refractivity contribution >= 4 is 43.5 Å². The number of hydrogen-bond donors (Lipinski definition) is 1. The standard InChI is InChI=1S/C12H13BrClNO4S/c1-12(11(16)17)4-5-15(7-12)20(18,19)10-6-8(13)2-3-9(10)14/h2-3,6H,4-5,7H2,1H3,(H,16,17). The molecule has 0 amide bonds. The van der Waals surface area contributed by atoms with Gasteiger partial charge >= 0.3 is 5.97 Å². The first-order valence-corrected chi connectivity index (χ1v) is 8.46. The van der Waals surface area contributed by atoms with Crippen molar-refractivity contribution in [2.24, 2.45) is 5.41 Å². The molecule has 0 spiro atoms. The highest BCUT2D eigenvalue weighted by Gasteiger charge is 2.45. The van der Waals surface area contributed by atoms with Crippen molar-refractivity contribution in [1.29, 1.82) is 0 Å². The smallest absolute Gasteiger partial charge is 0.310 e. The van der Waals surface area contributed by atoms with Gasteiger partial charge in [-0.15, -0.1) is 0 Å². The molecule has 1 saturated heterocycles. The van der Waals surface area contributed by atoms with Crippen molar-refractivity contribution in [2.45, 2.75) is 18.2 Å². The predicted octanol–water partition coefficient (Wildman–Crippen LogP) is 2.59. The molecule has 0 radical (unpaired) electrons. The summed E-state index contributed by atoms with van der Waals surface area (Å²) >= 11 is 9.16. The van der Waals surface area contributed by atoms with E-state index in [2.05, 4.69) is 15.9 Å². The number of carboxylic acids is 1. The van der Waals surface area contributed by atoms with Gasteiger partial charge in [0.05, 0.1) is 10.4 Å². The van der Waals surface area contributed by atoms with Crippen LogP contribution in [0, 0.1) is 5.41 Å². The number of benzene rings is 1. The number of aliphatic carboxylic acids is 1. The topological polar surface area (TPSA) is 74.7 Å². The molecular formula is C12H13BrClNO4S. The number of nitrogens with zero attached hydrogens (tertiary/aromatic N) is 1. The van der Waals surface area contributed by atoms with Crippen LogP contribution in [0.4, 0.5) is 0 Å². The average Bonchev–Trinajstić information content (AvgIpc) is 2.77. The zero-order valence-electron chi connectivity index (χ0n) is 10.6. The minimum absolute atomic E-state index is 0.0109. The van der Waals surface area contributed by atoms with Crippen LogP contribution >= 0.6 is 27.5 Å². The molecule has 1 aliphatic heterocycles. The molecule has 0 saturated carbocycles. The molecule has 2 rings (SSSR count). The van der Waals surface area contributed by atoms with Gasteiger partial charge in [0, 0.05) is 17.6 Å². The lowest BCUT2D eigenvalue weighted by molar-refractivity contribution is -0.146. The fourth-order valence-corrected chi connectivity index (χ4v) is 4.69. The molecule has 0 aliphatic carbocycles. The van der Waals surface area contributed by atoms with Crippen LogP contribution in [0.5, 0.6) is 0 Å². The summed E-state index contributed by atoms with van der Waals surface area (Å²) < 4.78 is 26.9. The molecule has 1 aromatic carbocycles. The van der Waals surface area contributed by atoms with Crippen molar-refractivity contribution in [3.63, 3.8) is 0 Å². The Kier molecular flexibility index (Phi) is 4.17. The van der Waals surface area contributed by atoms with E-state index in [9.17, 15) is 18.3 Å². The van der Waals surface area contributed by atoms with Crippen LogP contribution in [0.2, 0.25) is 5.02 Å². The summed E-state index contributed by atoms with van der Waals surface area (Å²) in [5, 5.41) is 9.29. The van der Waals surface area contributed by atoms with Gasteiger partial charge in [-0.3, -0.25) is 4.79 Å². The molecule has 1 atom stereocenters. The van der Waals surface area contributed by atoms with E-state index in [0.717, 1.165) is 0 Å². The summed E-state index contributed by atoms with van der Waals surface area (Å²) in [6.07, 6.45) is 0.285. The maximum absolute atomic E-state index is 12.5. The first-order valence-electron chi connectivity index (χ1n) is 5.85. The number of hydrogen-bond acceptors (Lipinski definition) is 3. The van der Waals surface area contributed by atoms with Crippen molar-refractivity contribution in [3.8, 4) is 0 Å². The normalized spacial score (nSPS) is 23.9. The Morgan fingerprint density at radius 1 is 1.50 bits per heavy atom. The molecule has 20 heavy (non-hydrogen) atoms. The van der Waals surface area contributed by atoms with Gasteiger partial charge in [0.1, 0.15) is 4.90 Å². The highest BCUT2D eigenvalue weighted by atomic mass is 79.9. The number of rotatable bonds is 3. The van der Waals surface area contributed by atoms with Gasteiger partial charge in [0.15, 0.2) is 0 Å². The van der Waals surface area contributed by atoms with E-state index in [1.165, 1.54) is 16.4 Å². The quantitative estimate of drug-likeness (QED) is 0.872. The summed E-state index contributed by atoms with van der Waals surface area (Å²) in [5.41, 5.74) is -1.05. The third kappa shape index (κ3) is 2.72. The SMILES string of the molecule is CC1(C(=O)O)CCN(S(=O)(=O)c2cc(Br)ccc2Cl)C1. The first-order chi connectivity index (χ1) is 9.17. The fraction of sp³-hybridized carbons (Fsp3) is 0.417. The van der Waals surface area contributed by atoms with Crippen LogP contribution < -0.4 is 0 Å². The van der Waals surface area contributed by atoms with E-state index < -0.39 is 21.4 Å². The third-order valence-corrected chi connectivity index (χ3v) is 6.29. The summed E-state index contributed by atoms with van der Waals surface area (Å²) in [5.74, 6) is -0.990. The summed E-state index contributed by atoms with van der Waals surface area (Å²) in [7, 11) is -3.79. The third-order valence-electron chi connectivity index (χ3n) is 3.47. The van der Waals surface area contributed by atoms with Crippen LogP contribution in [0.1, 0.15) is 13.3 Å². The lowest BCUT2D eigenvalue weighted by Crippen LogP contribution is -2.35. The highest BCUT2D eigenvalue weighted by molar-refractivity contribution is 9.10. The molecule has 1 fully saturated rings. The van der Waals surface area contributed by atoms with Gasteiger partial charge in [-0.05, 0) is 31.5 Å². The van der Waals surface area contributed by atoms with E-state index in [4.69, 9.17) is 11.6 Å². The summed E-state index contributed by atoms with van der Waals surface area (Å²) in [6.45, 7) is 1.68. The maximum atomic E-state index is 12.5. The summed E-state index contributed by atoms with van der Waals surface area (Å²) in [4.78, 5) is 11.2. The van der Waals surface area contributed by atoms with Gasteiger partial charge in [-0.1, -0.05) is 27.5 Å². The van der Waals surface area contributed by atoms with Gasteiger partial charge in [-0.2, -0.15) is 4.31 Å². The van der Waals surface area contributed by atoms with Crippen LogP contribution in [-0.2, 0) is 14.8 Å². The van der Waals surface area contributed by atoms with Crippen molar-refractivity contribution in [1.82, 2.24) is 4.31 Å². The lowest BCUT2D eigenvalue weighted by Gasteiger charge is -2.20. The summed E-state index contributed by atoms with van der Waals surface area (Å²) in [6, 6.07) is 4.56.